The molecular formula is C17H25N3O4S. The summed E-state index contributed by atoms with van der Waals surface area (Å²) in [6.07, 6.45) is 1.82. The van der Waals surface area contributed by atoms with Crippen LogP contribution in [0.2, 0.25) is 0 Å². The minimum Gasteiger partial charge on any atom is -0.444 e. The number of ether oxygens (including phenoxy) is 1. The van der Waals surface area contributed by atoms with Gasteiger partial charge in [0.15, 0.2) is 0 Å². The Kier molecular flexibility index (Phi) is 4.35. The number of benzene rings is 1. The third-order valence-corrected chi connectivity index (χ3v) is 4.98. The highest BCUT2D eigenvalue weighted by atomic mass is 32.2. The first-order chi connectivity index (χ1) is 11.5. The summed E-state index contributed by atoms with van der Waals surface area (Å²) in [5, 5.41) is 0. The van der Waals surface area contributed by atoms with Crippen molar-refractivity contribution in [1.29, 1.82) is 0 Å². The van der Waals surface area contributed by atoms with E-state index in [1.165, 1.54) is 0 Å². The Bertz CT molecular complexity index is 755. The van der Waals surface area contributed by atoms with Crippen LogP contribution < -0.4 is 9.62 Å². The van der Waals surface area contributed by atoms with Crippen LogP contribution in [0.3, 0.4) is 0 Å². The van der Waals surface area contributed by atoms with Gasteiger partial charge in [0.2, 0.25) is 10.0 Å². The maximum absolute atomic E-state index is 12.3. The maximum atomic E-state index is 12.3. The molecule has 0 aliphatic carbocycles. The maximum Gasteiger partial charge on any atom is 0.410 e. The second-order valence-corrected chi connectivity index (χ2v) is 9.50. The third-order valence-electron chi connectivity index (χ3n) is 4.37. The summed E-state index contributed by atoms with van der Waals surface area (Å²) < 4.78 is 30.5. The number of anilines is 2. The molecule has 138 valence electrons. The lowest BCUT2D eigenvalue weighted by molar-refractivity contribution is 0.0214. The first-order valence-electron chi connectivity index (χ1n) is 8.36. The van der Waals surface area contributed by atoms with E-state index in [9.17, 15) is 13.2 Å². The SMILES string of the molecule is CC(C)(C)OC(=O)N1C[C@@H]2C[C@H]1CN2c1ccc(NS(C)(=O)=O)cc1. The fourth-order valence-electron chi connectivity index (χ4n) is 3.46. The fraction of sp³-hybridized carbons (Fsp3) is 0.588. The van der Waals surface area contributed by atoms with E-state index in [0.29, 0.717) is 12.2 Å². The molecule has 0 unspecified atom stereocenters. The van der Waals surface area contributed by atoms with Crippen LogP contribution in [0.15, 0.2) is 24.3 Å². The fourth-order valence-corrected chi connectivity index (χ4v) is 4.03. The zero-order chi connectivity index (χ0) is 18.4. The van der Waals surface area contributed by atoms with Gasteiger partial charge in [0.25, 0.3) is 0 Å². The number of carbonyl (C=O) groups excluding carboxylic acids is 1. The lowest BCUT2D eigenvalue weighted by Crippen LogP contribution is -2.50. The highest BCUT2D eigenvalue weighted by Crippen LogP contribution is 2.35. The standard InChI is InChI=1S/C17H25N3O4S/c1-17(2,3)24-16(21)20-11-14-9-15(20)10-19(14)13-7-5-12(6-8-13)18-25(4,22)23/h5-8,14-15,18H,9-11H2,1-4H3/t14-,15-/m0/s1. The van der Waals surface area contributed by atoms with Gasteiger partial charge < -0.3 is 14.5 Å². The van der Waals surface area contributed by atoms with Gasteiger partial charge in [-0.3, -0.25) is 4.72 Å². The number of amides is 1. The Morgan fingerprint density at radius 2 is 1.80 bits per heavy atom. The Hall–Kier alpha value is -1.96. The van der Waals surface area contributed by atoms with Gasteiger partial charge in [-0.1, -0.05) is 0 Å². The van der Waals surface area contributed by atoms with Crippen molar-refractivity contribution < 1.29 is 17.9 Å². The Morgan fingerprint density at radius 1 is 1.16 bits per heavy atom. The highest BCUT2D eigenvalue weighted by Gasteiger charge is 2.46. The number of hydrogen-bond acceptors (Lipinski definition) is 5. The van der Waals surface area contributed by atoms with Crippen LogP contribution in [0.4, 0.5) is 16.2 Å². The van der Waals surface area contributed by atoms with Crippen molar-refractivity contribution in [2.75, 3.05) is 29.0 Å². The van der Waals surface area contributed by atoms with E-state index in [-0.39, 0.29) is 18.2 Å². The van der Waals surface area contributed by atoms with Gasteiger partial charge >= 0.3 is 6.09 Å². The number of nitrogens with zero attached hydrogens (tertiary/aromatic N) is 2. The van der Waals surface area contributed by atoms with E-state index in [2.05, 4.69) is 9.62 Å². The number of likely N-dealkylation sites (tertiary alicyclic amines) is 1. The number of hydrogen-bond donors (Lipinski definition) is 1. The van der Waals surface area contributed by atoms with Crippen molar-refractivity contribution in [2.45, 2.75) is 44.9 Å². The number of rotatable bonds is 3. The minimum absolute atomic E-state index is 0.161. The molecule has 1 aromatic rings. The molecule has 2 heterocycles. The molecule has 2 fully saturated rings. The summed E-state index contributed by atoms with van der Waals surface area (Å²) in [6.45, 7) is 7.04. The summed E-state index contributed by atoms with van der Waals surface area (Å²) in [5.41, 5.74) is 1.10. The van der Waals surface area contributed by atoms with Gasteiger partial charge in [-0.05, 0) is 51.5 Å². The molecule has 0 saturated carbocycles. The molecule has 3 rings (SSSR count). The van der Waals surface area contributed by atoms with E-state index in [1.807, 2.05) is 37.8 Å². The molecule has 2 aliphatic heterocycles. The van der Waals surface area contributed by atoms with Crippen LogP contribution in [0.1, 0.15) is 27.2 Å². The zero-order valence-corrected chi connectivity index (χ0v) is 15.8. The molecule has 0 radical (unpaired) electrons. The minimum atomic E-state index is -3.27. The summed E-state index contributed by atoms with van der Waals surface area (Å²) >= 11 is 0. The molecule has 0 aromatic heterocycles. The predicted molar refractivity (Wildman–Crippen MR) is 97.4 cm³/mol. The number of sulfonamides is 1. The topological polar surface area (TPSA) is 79.0 Å². The molecule has 25 heavy (non-hydrogen) atoms. The average molecular weight is 367 g/mol. The highest BCUT2D eigenvalue weighted by molar-refractivity contribution is 7.92. The molecule has 7 nitrogen and oxygen atoms in total. The van der Waals surface area contributed by atoms with Crippen LogP contribution in [-0.4, -0.2) is 56.4 Å². The normalized spacial score (nSPS) is 23.0. The number of carbonyl (C=O) groups is 1. The van der Waals surface area contributed by atoms with E-state index in [1.54, 1.807) is 12.1 Å². The smallest absolute Gasteiger partial charge is 0.410 e. The summed E-state index contributed by atoms with van der Waals surface area (Å²) in [5.74, 6) is 0. The van der Waals surface area contributed by atoms with E-state index in [4.69, 9.17) is 4.74 Å². The van der Waals surface area contributed by atoms with E-state index in [0.717, 1.165) is 24.9 Å². The molecule has 8 heteroatoms. The van der Waals surface area contributed by atoms with Crippen LogP contribution in [0, 0.1) is 0 Å². The number of fused-ring (bicyclic) bond motifs is 2. The van der Waals surface area contributed by atoms with Crippen molar-refractivity contribution in [3.8, 4) is 0 Å². The van der Waals surface area contributed by atoms with Crippen molar-refractivity contribution in [3.05, 3.63) is 24.3 Å². The summed E-state index contributed by atoms with van der Waals surface area (Å²) in [7, 11) is -3.27. The second-order valence-electron chi connectivity index (χ2n) is 7.75. The molecule has 2 aliphatic rings. The first kappa shape index (κ1) is 17.8. The van der Waals surface area contributed by atoms with Gasteiger partial charge in [-0.2, -0.15) is 0 Å². The van der Waals surface area contributed by atoms with E-state index >= 15 is 0 Å². The molecular weight excluding hydrogens is 342 g/mol. The largest absolute Gasteiger partial charge is 0.444 e. The number of nitrogens with one attached hydrogen (secondary N) is 1. The molecule has 1 N–H and O–H groups in total. The summed E-state index contributed by atoms with van der Waals surface area (Å²) in [4.78, 5) is 16.4. The number of piperazine rings is 1. The van der Waals surface area contributed by atoms with Crippen molar-refractivity contribution in [2.24, 2.45) is 0 Å². The molecule has 1 amide bonds. The van der Waals surface area contributed by atoms with Gasteiger partial charge in [0.05, 0.1) is 12.3 Å². The van der Waals surface area contributed by atoms with Crippen molar-refractivity contribution in [1.82, 2.24) is 4.90 Å². The molecule has 2 bridgehead atoms. The monoisotopic (exact) mass is 367 g/mol. The Labute approximate surface area is 149 Å². The zero-order valence-electron chi connectivity index (χ0n) is 15.0. The molecule has 0 spiro atoms. The van der Waals surface area contributed by atoms with Gasteiger partial charge in [0.1, 0.15) is 5.60 Å². The first-order valence-corrected chi connectivity index (χ1v) is 10.2. The van der Waals surface area contributed by atoms with Crippen molar-refractivity contribution in [3.63, 3.8) is 0 Å². The lowest BCUT2D eigenvalue weighted by Gasteiger charge is -2.36. The van der Waals surface area contributed by atoms with Crippen molar-refractivity contribution >= 4 is 27.5 Å². The van der Waals surface area contributed by atoms with Gasteiger partial charge in [-0.25, -0.2) is 13.2 Å². The Morgan fingerprint density at radius 3 is 2.28 bits per heavy atom. The van der Waals surface area contributed by atoms with Crippen LogP contribution in [0.5, 0.6) is 0 Å². The van der Waals surface area contributed by atoms with E-state index < -0.39 is 15.6 Å². The second kappa shape index (κ2) is 6.09. The summed E-state index contributed by atoms with van der Waals surface area (Å²) in [6, 6.07) is 7.76. The average Bonchev–Trinajstić information content (AvgIpc) is 3.04. The van der Waals surface area contributed by atoms with Crippen LogP contribution in [-0.2, 0) is 14.8 Å². The molecule has 1 aromatic carbocycles. The van der Waals surface area contributed by atoms with Gasteiger partial charge in [0, 0.05) is 30.5 Å². The molecule has 2 saturated heterocycles. The Balaban J connectivity index is 1.64. The lowest BCUT2D eigenvalue weighted by atomic mass is 10.2. The third kappa shape index (κ3) is 4.18. The quantitative estimate of drug-likeness (QED) is 0.886. The van der Waals surface area contributed by atoms with Crippen LogP contribution >= 0.6 is 0 Å². The van der Waals surface area contributed by atoms with Crippen LogP contribution in [0.25, 0.3) is 0 Å². The molecule has 2 atom stereocenters. The van der Waals surface area contributed by atoms with Gasteiger partial charge in [-0.15, -0.1) is 0 Å². The predicted octanol–water partition coefficient (Wildman–Crippen LogP) is 2.26.